The molecule has 0 spiro atoms. The first-order chi connectivity index (χ1) is 11.3. The summed E-state index contributed by atoms with van der Waals surface area (Å²) in [5.74, 6) is 0.881. The van der Waals surface area contributed by atoms with Gasteiger partial charge in [0.05, 0.1) is 0 Å². The van der Waals surface area contributed by atoms with Gasteiger partial charge in [-0.05, 0) is 31.6 Å². The Kier molecular flexibility index (Phi) is 19.6. The second kappa shape index (κ2) is 19.8. The highest BCUT2D eigenvalue weighted by molar-refractivity contribution is 4.81. The smallest absolute Gasteiger partial charge is 0.0351 e. The second-order valence-corrected chi connectivity index (χ2v) is 7.83. The van der Waals surface area contributed by atoms with Gasteiger partial charge in [-0.1, -0.05) is 116 Å². The van der Waals surface area contributed by atoms with E-state index in [4.69, 9.17) is 0 Å². The molecule has 0 nitrogen and oxygen atoms in total. The number of allylic oxidation sites excluding steroid dienone is 2. The van der Waals surface area contributed by atoms with Gasteiger partial charge in [-0.15, -0.1) is 0 Å². The van der Waals surface area contributed by atoms with E-state index in [9.17, 15) is 0 Å². The molecule has 0 amide bonds. The van der Waals surface area contributed by atoms with Crippen molar-refractivity contribution in [1.82, 2.24) is 0 Å². The lowest BCUT2D eigenvalue weighted by Crippen LogP contribution is -1.86. The molecule has 0 heteroatoms. The van der Waals surface area contributed by atoms with Gasteiger partial charge < -0.3 is 0 Å². The fourth-order valence-corrected chi connectivity index (χ4v) is 3.15. The molecule has 138 valence electrons. The fraction of sp³-hybridized carbons (Fsp3) is 0.913. The quantitative estimate of drug-likeness (QED) is 0.174. The molecular weight excluding hydrogens is 276 g/mol. The van der Waals surface area contributed by atoms with Gasteiger partial charge in [0.1, 0.15) is 0 Å². The number of unbranched alkanes of at least 4 members (excludes halogenated alkanes) is 14. The average molecular weight is 323 g/mol. The molecule has 0 saturated carbocycles. The Balaban J connectivity index is 3.05. The molecule has 0 aromatic heterocycles. The van der Waals surface area contributed by atoms with Crippen LogP contribution in [0.25, 0.3) is 0 Å². The van der Waals surface area contributed by atoms with Gasteiger partial charge in [-0.2, -0.15) is 0 Å². The zero-order valence-corrected chi connectivity index (χ0v) is 16.8. The van der Waals surface area contributed by atoms with E-state index < -0.39 is 0 Å². The van der Waals surface area contributed by atoms with Crippen LogP contribution >= 0.6 is 0 Å². The first kappa shape index (κ1) is 22.7. The summed E-state index contributed by atoms with van der Waals surface area (Å²) in [7, 11) is 0. The Bertz CT molecular complexity index is 226. The Labute approximate surface area is 148 Å². The molecule has 0 radical (unpaired) electrons. The largest absolute Gasteiger partial charge is 0.0885 e. The fourth-order valence-electron chi connectivity index (χ4n) is 3.15. The molecule has 0 aliphatic carbocycles. The molecule has 0 heterocycles. The van der Waals surface area contributed by atoms with Crippen LogP contribution in [0, 0.1) is 5.92 Å². The topological polar surface area (TPSA) is 0 Å². The van der Waals surface area contributed by atoms with Crippen LogP contribution in [0.3, 0.4) is 0 Å². The molecule has 0 atom stereocenters. The molecule has 0 unspecified atom stereocenters. The Morgan fingerprint density at radius 2 is 0.913 bits per heavy atom. The third-order valence-corrected chi connectivity index (χ3v) is 4.79. The average Bonchev–Trinajstić information content (AvgIpc) is 2.53. The summed E-state index contributed by atoms with van der Waals surface area (Å²) >= 11 is 0. The molecule has 0 fully saturated rings. The highest BCUT2D eigenvalue weighted by Crippen LogP contribution is 2.13. The zero-order chi connectivity index (χ0) is 17.0. The van der Waals surface area contributed by atoms with E-state index >= 15 is 0 Å². The van der Waals surface area contributed by atoms with Crippen LogP contribution in [0.1, 0.15) is 130 Å². The van der Waals surface area contributed by atoms with Crippen molar-refractivity contribution >= 4 is 0 Å². The van der Waals surface area contributed by atoms with Gasteiger partial charge in [0.2, 0.25) is 0 Å². The van der Waals surface area contributed by atoms with Crippen LogP contribution in [0.15, 0.2) is 12.2 Å². The summed E-state index contributed by atoms with van der Waals surface area (Å²) in [6, 6.07) is 0. The monoisotopic (exact) mass is 322 g/mol. The van der Waals surface area contributed by atoms with Crippen LogP contribution in [0.2, 0.25) is 0 Å². The van der Waals surface area contributed by atoms with E-state index in [1.54, 1.807) is 0 Å². The van der Waals surface area contributed by atoms with E-state index in [2.05, 4.69) is 32.9 Å². The van der Waals surface area contributed by atoms with Crippen LogP contribution in [0.4, 0.5) is 0 Å². The third-order valence-electron chi connectivity index (χ3n) is 4.79. The van der Waals surface area contributed by atoms with Crippen LogP contribution in [-0.4, -0.2) is 0 Å². The maximum Gasteiger partial charge on any atom is -0.0351 e. The zero-order valence-electron chi connectivity index (χ0n) is 16.8. The Morgan fingerprint density at radius 3 is 1.35 bits per heavy atom. The Hall–Kier alpha value is -0.260. The van der Waals surface area contributed by atoms with E-state index in [0.717, 1.165) is 5.92 Å². The first-order valence-electron chi connectivity index (χ1n) is 10.9. The van der Waals surface area contributed by atoms with Gasteiger partial charge in [0, 0.05) is 0 Å². The maximum absolute atomic E-state index is 2.43. The Morgan fingerprint density at radius 1 is 0.522 bits per heavy atom. The van der Waals surface area contributed by atoms with Gasteiger partial charge in [-0.3, -0.25) is 0 Å². The lowest BCUT2D eigenvalue weighted by Gasteiger charge is -2.02. The van der Waals surface area contributed by atoms with Crippen LogP contribution < -0.4 is 0 Å². The van der Waals surface area contributed by atoms with E-state index in [1.807, 2.05) is 0 Å². The number of hydrogen-bond acceptors (Lipinski definition) is 0. The molecule has 0 bridgehead atoms. The summed E-state index contributed by atoms with van der Waals surface area (Å²) in [5, 5.41) is 0. The minimum atomic E-state index is 0.881. The predicted octanol–water partition coefficient (Wildman–Crippen LogP) is 8.85. The van der Waals surface area contributed by atoms with Crippen LogP contribution in [-0.2, 0) is 0 Å². The third kappa shape index (κ3) is 21.7. The second-order valence-electron chi connectivity index (χ2n) is 7.83. The van der Waals surface area contributed by atoms with E-state index in [-0.39, 0.29) is 0 Å². The van der Waals surface area contributed by atoms with Gasteiger partial charge in [0.25, 0.3) is 0 Å². The molecule has 23 heavy (non-hydrogen) atoms. The normalized spacial score (nSPS) is 11.8. The maximum atomic E-state index is 2.43. The summed E-state index contributed by atoms with van der Waals surface area (Å²) in [5.41, 5.74) is 0. The predicted molar refractivity (Wildman–Crippen MR) is 108 cm³/mol. The van der Waals surface area contributed by atoms with E-state index in [0.29, 0.717) is 0 Å². The van der Waals surface area contributed by atoms with Crippen molar-refractivity contribution in [1.29, 1.82) is 0 Å². The van der Waals surface area contributed by atoms with Crippen molar-refractivity contribution in [3.8, 4) is 0 Å². The number of rotatable bonds is 18. The lowest BCUT2D eigenvalue weighted by molar-refractivity contribution is 0.528. The van der Waals surface area contributed by atoms with Crippen molar-refractivity contribution in [2.45, 2.75) is 130 Å². The minimum Gasteiger partial charge on any atom is -0.0885 e. The van der Waals surface area contributed by atoms with Crippen molar-refractivity contribution < 1.29 is 0 Å². The highest BCUT2D eigenvalue weighted by atomic mass is 14.0. The molecule has 0 aliphatic rings. The van der Waals surface area contributed by atoms with Crippen LogP contribution in [0.5, 0.6) is 0 Å². The van der Waals surface area contributed by atoms with Crippen molar-refractivity contribution in [2.24, 2.45) is 5.92 Å². The number of hydrogen-bond donors (Lipinski definition) is 0. The van der Waals surface area contributed by atoms with Crippen molar-refractivity contribution in [3.63, 3.8) is 0 Å². The molecular formula is C23H46. The highest BCUT2D eigenvalue weighted by Gasteiger charge is 1.94. The lowest BCUT2D eigenvalue weighted by atomic mass is 10.0. The van der Waals surface area contributed by atoms with Gasteiger partial charge in [0.15, 0.2) is 0 Å². The standard InChI is InChI=1S/C23H46/c1-4-5-6-7-8-9-10-11-12-13-14-15-16-17-18-19-20-21-22-23(2)3/h16-17,23H,4-15,18-22H2,1-3H3. The molecule has 0 rings (SSSR count). The van der Waals surface area contributed by atoms with Gasteiger partial charge >= 0.3 is 0 Å². The molecule has 0 aromatic rings. The SMILES string of the molecule is CCCCCCCCCCCCCC=CCCCCCC(C)C. The molecule has 0 aliphatic heterocycles. The molecule has 0 saturated heterocycles. The van der Waals surface area contributed by atoms with E-state index in [1.165, 1.54) is 109 Å². The van der Waals surface area contributed by atoms with Crippen molar-refractivity contribution in [2.75, 3.05) is 0 Å². The summed E-state index contributed by atoms with van der Waals surface area (Å²) < 4.78 is 0. The van der Waals surface area contributed by atoms with Crippen molar-refractivity contribution in [3.05, 3.63) is 12.2 Å². The first-order valence-corrected chi connectivity index (χ1v) is 10.9. The summed E-state index contributed by atoms with van der Waals surface area (Å²) in [6.45, 7) is 6.95. The van der Waals surface area contributed by atoms with Gasteiger partial charge in [-0.25, -0.2) is 0 Å². The molecule has 0 N–H and O–H groups in total. The summed E-state index contributed by atoms with van der Waals surface area (Å²) in [6.07, 6.45) is 29.0. The molecule has 0 aromatic carbocycles. The summed E-state index contributed by atoms with van der Waals surface area (Å²) in [4.78, 5) is 0. The minimum absolute atomic E-state index is 0.881.